The van der Waals surface area contributed by atoms with Crippen molar-refractivity contribution in [3.8, 4) is 0 Å². The Kier molecular flexibility index (Phi) is 11.2. The van der Waals surface area contributed by atoms with Gasteiger partial charge in [-0.3, -0.25) is 9.79 Å². The predicted octanol–water partition coefficient (Wildman–Crippen LogP) is 0.899. The van der Waals surface area contributed by atoms with E-state index in [4.69, 9.17) is 9.47 Å². The maximum absolute atomic E-state index is 11.7. The number of ether oxygens (including phenoxy) is 2. The topological polar surface area (TPSA) is 84.0 Å². The van der Waals surface area contributed by atoms with Crippen molar-refractivity contribution in [1.82, 2.24) is 16.0 Å². The van der Waals surface area contributed by atoms with Crippen LogP contribution < -0.4 is 16.0 Å². The molecule has 0 aromatic rings. The van der Waals surface area contributed by atoms with Crippen molar-refractivity contribution < 1.29 is 14.3 Å². The number of aliphatic imine (C=N–C) groups is 1. The van der Waals surface area contributed by atoms with Crippen molar-refractivity contribution >= 4 is 11.9 Å². The molecule has 1 saturated heterocycles. The van der Waals surface area contributed by atoms with E-state index in [-0.39, 0.29) is 11.9 Å². The highest BCUT2D eigenvalue weighted by molar-refractivity contribution is 5.81. The largest absolute Gasteiger partial charge is 0.381 e. The van der Waals surface area contributed by atoms with Gasteiger partial charge in [0, 0.05) is 51.7 Å². The van der Waals surface area contributed by atoms with E-state index in [0.29, 0.717) is 18.9 Å². The Morgan fingerprint density at radius 2 is 2.17 bits per heavy atom. The molecular weight excluding hydrogens is 308 g/mol. The first-order valence-corrected chi connectivity index (χ1v) is 9.05. The summed E-state index contributed by atoms with van der Waals surface area (Å²) in [5, 5.41) is 9.32. The van der Waals surface area contributed by atoms with Crippen molar-refractivity contribution in [2.45, 2.75) is 45.6 Å². The van der Waals surface area contributed by atoms with Crippen LogP contribution in [0.1, 0.15) is 39.5 Å². The van der Waals surface area contributed by atoms with E-state index in [1.54, 1.807) is 7.05 Å². The molecule has 0 spiro atoms. The first-order chi connectivity index (χ1) is 11.7. The van der Waals surface area contributed by atoms with E-state index in [1.165, 1.54) is 0 Å². The first kappa shape index (κ1) is 20.7. The molecule has 7 nitrogen and oxygen atoms in total. The van der Waals surface area contributed by atoms with Gasteiger partial charge in [-0.2, -0.15) is 0 Å². The second-order valence-corrected chi connectivity index (χ2v) is 6.21. The monoisotopic (exact) mass is 342 g/mol. The van der Waals surface area contributed by atoms with Crippen molar-refractivity contribution in [3.05, 3.63) is 0 Å². The summed E-state index contributed by atoms with van der Waals surface area (Å²) in [6.07, 6.45) is 3.41. The minimum Gasteiger partial charge on any atom is -0.381 e. The molecule has 0 saturated carbocycles. The molecule has 140 valence electrons. The van der Waals surface area contributed by atoms with Crippen molar-refractivity contribution in [2.24, 2.45) is 10.9 Å². The molecule has 3 N–H and O–H groups in total. The number of carbonyl (C=O) groups excluding carboxylic acids is 1. The lowest BCUT2D eigenvalue weighted by Gasteiger charge is -2.14. The van der Waals surface area contributed by atoms with Gasteiger partial charge >= 0.3 is 0 Å². The minimum atomic E-state index is 0.0663. The van der Waals surface area contributed by atoms with Gasteiger partial charge in [-0.15, -0.1) is 0 Å². The molecule has 0 aromatic carbocycles. The molecule has 2 atom stereocenters. The molecule has 2 unspecified atom stereocenters. The van der Waals surface area contributed by atoms with Crippen LogP contribution >= 0.6 is 0 Å². The summed E-state index contributed by atoms with van der Waals surface area (Å²) in [4.78, 5) is 15.8. The SMILES string of the molecule is CCC(C)NC(=O)CCNC(=NC)NCCCOCC1CCOC1. The zero-order valence-electron chi connectivity index (χ0n) is 15.4. The molecule has 7 heteroatoms. The number of nitrogens with zero attached hydrogens (tertiary/aromatic N) is 1. The Morgan fingerprint density at radius 1 is 1.38 bits per heavy atom. The molecule has 1 aliphatic rings. The average molecular weight is 342 g/mol. The summed E-state index contributed by atoms with van der Waals surface area (Å²) >= 11 is 0. The number of hydrogen-bond acceptors (Lipinski definition) is 4. The maximum atomic E-state index is 11.7. The Labute approximate surface area is 146 Å². The third-order valence-electron chi connectivity index (χ3n) is 4.02. The normalized spacial score (nSPS) is 19.1. The quantitative estimate of drug-likeness (QED) is 0.295. The second kappa shape index (κ2) is 13.0. The van der Waals surface area contributed by atoms with E-state index in [0.717, 1.165) is 58.2 Å². The lowest BCUT2D eigenvalue weighted by atomic mass is 10.1. The molecule has 1 fully saturated rings. The van der Waals surface area contributed by atoms with Gasteiger partial charge in [-0.1, -0.05) is 6.92 Å². The second-order valence-electron chi connectivity index (χ2n) is 6.21. The number of guanidine groups is 1. The summed E-state index contributed by atoms with van der Waals surface area (Å²) in [7, 11) is 1.73. The Morgan fingerprint density at radius 3 is 2.83 bits per heavy atom. The van der Waals surface area contributed by atoms with Crippen molar-refractivity contribution in [2.75, 3.05) is 46.6 Å². The van der Waals surface area contributed by atoms with Crippen LogP contribution in [0, 0.1) is 5.92 Å². The van der Waals surface area contributed by atoms with Crippen LogP contribution in [0.5, 0.6) is 0 Å². The van der Waals surface area contributed by atoms with Crippen LogP contribution in [0.4, 0.5) is 0 Å². The molecule has 1 rings (SSSR count). The molecule has 1 amide bonds. The van der Waals surface area contributed by atoms with Gasteiger partial charge in [-0.05, 0) is 26.2 Å². The molecular formula is C17H34N4O3. The van der Waals surface area contributed by atoms with Crippen LogP contribution in [0.25, 0.3) is 0 Å². The first-order valence-electron chi connectivity index (χ1n) is 9.05. The van der Waals surface area contributed by atoms with Crippen LogP contribution in [0.15, 0.2) is 4.99 Å². The van der Waals surface area contributed by atoms with Crippen LogP contribution in [-0.4, -0.2) is 64.5 Å². The number of hydrogen-bond donors (Lipinski definition) is 3. The third-order valence-corrected chi connectivity index (χ3v) is 4.02. The van der Waals surface area contributed by atoms with Crippen molar-refractivity contribution in [1.29, 1.82) is 0 Å². The van der Waals surface area contributed by atoms with E-state index < -0.39 is 0 Å². The van der Waals surface area contributed by atoms with Gasteiger partial charge in [0.05, 0.1) is 13.2 Å². The van der Waals surface area contributed by atoms with E-state index in [1.807, 2.05) is 6.92 Å². The standard InChI is InChI=1S/C17H34N4O3/c1-4-14(2)21-16(22)6-9-20-17(18-3)19-8-5-10-23-12-15-7-11-24-13-15/h14-15H,4-13H2,1-3H3,(H,21,22)(H2,18,19,20). The number of rotatable bonds is 11. The van der Waals surface area contributed by atoms with Gasteiger partial charge in [0.25, 0.3) is 0 Å². The van der Waals surface area contributed by atoms with Gasteiger partial charge in [0.15, 0.2) is 5.96 Å². The smallest absolute Gasteiger partial charge is 0.221 e. The lowest BCUT2D eigenvalue weighted by molar-refractivity contribution is -0.121. The fraction of sp³-hybridized carbons (Fsp3) is 0.882. The predicted molar refractivity (Wildman–Crippen MR) is 96.2 cm³/mol. The van der Waals surface area contributed by atoms with Gasteiger partial charge in [-0.25, -0.2) is 0 Å². The van der Waals surface area contributed by atoms with Crippen LogP contribution in [0.3, 0.4) is 0 Å². The van der Waals surface area contributed by atoms with Crippen LogP contribution in [0.2, 0.25) is 0 Å². The third kappa shape index (κ3) is 9.72. The highest BCUT2D eigenvalue weighted by atomic mass is 16.5. The minimum absolute atomic E-state index is 0.0663. The Bertz CT molecular complexity index is 371. The average Bonchev–Trinajstić information content (AvgIpc) is 3.09. The van der Waals surface area contributed by atoms with Crippen LogP contribution in [-0.2, 0) is 14.3 Å². The number of carbonyl (C=O) groups is 1. The molecule has 1 aliphatic heterocycles. The number of amides is 1. The molecule has 0 radical (unpaired) electrons. The lowest BCUT2D eigenvalue weighted by Crippen LogP contribution is -2.40. The highest BCUT2D eigenvalue weighted by Gasteiger charge is 2.15. The van der Waals surface area contributed by atoms with Gasteiger partial charge in [0.1, 0.15) is 0 Å². The summed E-state index contributed by atoms with van der Waals surface area (Å²) < 4.78 is 11.0. The zero-order chi connectivity index (χ0) is 17.6. The van der Waals surface area contributed by atoms with E-state index in [9.17, 15) is 4.79 Å². The summed E-state index contributed by atoms with van der Waals surface area (Å²) in [5.74, 6) is 1.35. The summed E-state index contributed by atoms with van der Waals surface area (Å²) in [6, 6.07) is 0.228. The Hall–Kier alpha value is -1.34. The van der Waals surface area contributed by atoms with Gasteiger partial charge in [0.2, 0.25) is 5.91 Å². The molecule has 0 aliphatic carbocycles. The van der Waals surface area contributed by atoms with E-state index in [2.05, 4.69) is 27.9 Å². The summed E-state index contributed by atoms with van der Waals surface area (Å²) in [5.41, 5.74) is 0. The van der Waals surface area contributed by atoms with E-state index >= 15 is 0 Å². The Balaban J connectivity index is 1.98. The zero-order valence-corrected chi connectivity index (χ0v) is 15.4. The highest BCUT2D eigenvalue weighted by Crippen LogP contribution is 2.12. The molecule has 0 bridgehead atoms. The fourth-order valence-electron chi connectivity index (χ4n) is 2.31. The fourth-order valence-corrected chi connectivity index (χ4v) is 2.31. The van der Waals surface area contributed by atoms with Gasteiger partial charge < -0.3 is 25.4 Å². The summed E-state index contributed by atoms with van der Waals surface area (Å²) in [6.45, 7) is 8.65. The molecule has 1 heterocycles. The molecule has 0 aromatic heterocycles. The molecule has 24 heavy (non-hydrogen) atoms. The van der Waals surface area contributed by atoms with Crippen molar-refractivity contribution in [3.63, 3.8) is 0 Å². The maximum Gasteiger partial charge on any atom is 0.221 e. The number of nitrogens with one attached hydrogen (secondary N) is 3.